The van der Waals surface area contributed by atoms with E-state index in [1.807, 2.05) is 43.3 Å². The van der Waals surface area contributed by atoms with E-state index in [1.165, 1.54) is 0 Å². The van der Waals surface area contributed by atoms with Gasteiger partial charge in [0.15, 0.2) is 0 Å². The molecular weight excluding hydrogens is 280 g/mol. The van der Waals surface area contributed by atoms with Gasteiger partial charge in [0, 0.05) is 12.8 Å². The highest BCUT2D eigenvalue weighted by Gasteiger charge is 2.15. The van der Waals surface area contributed by atoms with Crippen LogP contribution in [0.4, 0.5) is 5.69 Å². The molecule has 0 fully saturated rings. The van der Waals surface area contributed by atoms with E-state index in [2.05, 4.69) is 10.3 Å². The average molecular weight is 298 g/mol. The van der Waals surface area contributed by atoms with Crippen LogP contribution in [0.5, 0.6) is 0 Å². The van der Waals surface area contributed by atoms with Gasteiger partial charge in [0.1, 0.15) is 18.1 Å². The standard InChI is InChI=1S/C17H18N2O3/c1-12-6-7-13(22-12)8-9-16(20)19-15-5-3-2-4-14(15)17-18-10-11-21-17/h2-7H,8-11H2,1H3,(H,19,20). The van der Waals surface area contributed by atoms with Crippen molar-refractivity contribution in [3.05, 3.63) is 53.5 Å². The predicted molar refractivity (Wildman–Crippen MR) is 84.2 cm³/mol. The summed E-state index contributed by atoms with van der Waals surface area (Å²) in [5.74, 6) is 2.22. The van der Waals surface area contributed by atoms with Crippen molar-refractivity contribution in [2.24, 2.45) is 4.99 Å². The molecule has 1 N–H and O–H groups in total. The number of nitrogens with one attached hydrogen (secondary N) is 1. The van der Waals surface area contributed by atoms with Crippen LogP contribution >= 0.6 is 0 Å². The molecule has 0 unspecified atom stereocenters. The molecule has 1 amide bonds. The first kappa shape index (κ1) is 14.4. The van der Waals surface area contributed by atoms with Crippen LogP contribution in [0, 0.1) is 6.92 Å². The third kappa shape index (κ3) is 3.36. The van der Waals surface area contributed by atoms with Crippen LogP contribution in [0.2, 0.25) is 0 Å². The Bertz CT molecular complexity index is 703. The molecule has 5 nitrogen and oxygen atoms in total. The summed E-state index contributed by atoms with van der Waals surface area (Å²) in [6, 6.07) is 11.3. The van der Waals surface area contributed by atoms with E-state index < -0.39 is 0 Å². The molecule has 2 aromatic rings. The molecular formula is C17H18N2O3. The van der Waals surface area contributed by atoms with E-state index in [-0.39, 0.29) is 5.91 Å². The number of aliphatic imine (C=N–C) groups is 1. The molecule has 114 valence electrons. The van der Waals surface area contributed by atoms with E-state index in [0.29, 0.717) is 31.9 Å². The van der Waals surface area contributed by atoms with Crippen molar-refractivity contribution >= 4 is 17.5 Å². The zero-order valence-electron chi connectivity index (χ0n) is 12.5. The summed E-state index contributed by atoms with van der Waals surface area (Å²) >= 11 is 0. The second-order valence-electron chi connectivity index (χ2n) is 5.14. The van der Waals surface area contributed by atoms with Gasteiger partial charge in [0.05, 0.1) is 17.8 Å². The van der Waals surface area contributed by atoms with E-state index in [0.717, 1.165) is 22.8 Å². The maximum Gasteiger partial charge on any atom is 0.224 e. The number of rotatable bonds is 5. The molecule has 5 heteroatoms. The lowest BCUT2D eigenvalue weighted by Gasteiger charge is -2.10. The second kappa shape index (κ2) is 6.47. The highest BCUT2D eigenvalue weighted by molar-refractivity contribution is 6.04. The monoisotopic (exact) mass is 298 g/mol. The Morgan fingerprint density at radius 1 is 1.27 bits per heavy atom. The Balaban J connectivity index is 1.64. The van der Waals surface area contributed by atoms with Gasteiger partial charge in [-0.3, -0.25) is 4.79 Å². The third-order valence-electron chi connectivity index (χ3n) is 3.41. The van der Waals surface area contributed by atoms with Gasteiger partial charge in [-0.05, 0) is 31.2 Å². The Hall–Kier alpha value is -2.56. The van der Waals surface area contributed by atoms with E-state index in [4.69, 9.17) is 9.15 Å². The summed E-state index contributed by atoms with van der Waals surface area (Å²) < 4.78 is 10.9. The number of nitrogens with zero attached hydrogens (tertiary/aromatic N) is 1. The summed E-state index contributed by atoms with van der Waals surface area (Å²) in [6.45, 7) is 3.15. The number of anilines is 1. The molecule has 0 radical (unpaired) electrons. The lowest BCUT2D eigenvalue weighted by molar-refractivity contribution is -0.116. The number of furan rings is 1. The van der Waals surface area contributed by atoms with Crippen LogP contribution in [0.15, 0.2) is 45.8 Å². The normalized spacial score (nSPS) is 13.6. The molecule has 1 aliphatic rings. The first-order chi connectivity index (χ1) is 10.7. The second-order valence-corrected chi connectivity index (χ2v) is 5.14. The first-order valence-electron chi connectivity index (χ1n) is 7.34. The number of ether oxygens (including phenoxy) is 1. The Morgan fingerprint density at radius 2 is 2.14 bits per heavy atom. The Kier molecular flexibility index (Phi) is 4.23. The topological polar surface area (TPSA) is 63.8 Å². The quantitative estimate of drug-likeness (QED) is 0.923. The predicted octanol–water partition coefficient (Wildman–Crippen LogP) is 2.94. The third-order valence-corrected chi connectivity index (χ3v) is 3.41. The molecule has 1 aliphatic heterocycles. The number of para-hydroxylation sites is 1. The summed E-state index contributed by atoms with van der Waals surface area (Å²) in [5, 5.41) is 2.92. The van der Waals surface area contributed by atoms with Crippen molar-refractivity contribution in [2.45, 2.75) is 19.8 Å². The molecule has 1 aromatic carbocycles. The van der Waals surface area contributed by atoms with Gasteiger partial charge in [0.2, 0.25) is 11.8 Å². The van der Waals surface area contributed by atoms with Crippen LogP contribution in [0.3, 0.4) is 0 Å². The fourth-order valence-electron chi connectivity index (χ4n) is 2.35. The van der Waals surface area contributed by atoms with Crippen molar-refractivity contribution in [1.29, 1.82) is 0 Å². The summed E-state index contributed by atoms with van der Waals surface area (Å²) in [6.07, 6.45) is 0.952. The smallest absolute Gasteiger partial charge is 0.224 e. The van der Waals surface area contributed by atoms with E-state index >= 15 is 0 Å². The van der Waals surface area contributed by atoms with Gasteiger partial charge in [-0.15, -0.1) is 0 Å². The minimum absolute atomic E-state index is 0.0555. The molecule has 1 aromatic heterocycles. The number of carbonyl (C=O) groups excluding carboxylic acids is 1. The zero-order valence-corrected chi connectivity index (χ0v) is 12.5. The first-order valence-corrected chi connectivity index (χ1v) is 7.34. The van der Waals surface area contributed by atoms with E-state index in [1.54, 1.807) is 0 Å². The Labute approximate surface area is 129 Å². The van der Waals surface area contributed by atoms with Crippen molar-refractivity contribution in [3.8, 4) is 0 Å². The van der Waals surface area contributed by atoms with Crippen molar-refractivity contribution in [3.63, 3.8) is 0 Å². The van der Waals surface area contributed by atoms with Crippen LogP contribution in [0.1, 0.15) is 23.5 Å². The van der Waals surface area contributed by atoms with Gasteiger partial charge in [0.25, 0.3) is 0 Å². The van der Waals surface area contributed by atoms with Gasteiger partial charge < -0.3 is 14.5 Å². The van der Waals surface area contributed by atoms with Gasteiger partial charge >= 0.3 is 0 Å². The fourth-order valence-corrected chi connectivity index (χ4v) is 2.35. The van der Waals surface area contributed by atoms with Gasteiger partial charge in [-0.2, -0.15) is 0 Å². The highest BCUT2D eigenvalue weighted by Crippen LogP contribution is 2.19. The maximum absolute atomic E-state index is 12.1. The minimum atomic E-state index is -0.0555. The lowest BCUT2D eigenvalue weighted by atomic mass is 10.1. The number of carbonyl (C=O) groups is 1. The van der Waals surface area contributed by atoms with Crippen LogP contribution < -0.4 is 5.32 Å². The summed E-state index contributed by atoms with van der Waals surface area (Å²) in [4.78, 5) is 16.4. The molecule has 0 spiro atoms. The fraction of sp³-hybridized carbons (Fsp3) is 0.294. The summed E-state index contributed by atoms with van der Waals surface area (Å²) in [5.41, 5.74) is 1.55. The van der Waals surface area contributed by atoms with Gasteiger partial charge in [-0.1, -0.05) is 12.1 Å². The molecule has 3 rings (SSSR count). The van der Waals surface area contributed by atoms with Crippen molar-refractivity contribution in [2.75, 3.05) is 18.5 Å². The highest BCUT2D eigenvalue weighted by atomic mass is 16.5. The van der Waals surface area contributed by atoms with Gasteiger partial charge in [-0.25, -0.2) is 4.99 Å². The summed E-state index contributed by atoms with van der Waals surface area (Å²) in [7, 11) is 0. The molecule has 0 saturated carbocycles. The number of benzene rings is 1. The van der Waals surface area contributed by atoms with Crippen LogP contribution in [0.25, 0.3) is 0 Å². The van der Waals surface area contributed by atoms with Crippen molar-refractivity contribution in [1.82, 2.24) is 0 Å². The molecule has 0 aliphatic carbocycles. The van der Waals surface area contributed by atoms with Crippen LogP contribution in [-0.4, -0.2) is 25.0 Å². The molecule has 0 saturated heterocycles. The number of aryl methyl sites for hydroxylation is 2. The minimum Gasteiger partial charge on any atom is -0.475 e. The van der Waals surface area contributed by atoms with E-state index in [9.17, 15) is 4.79 Å². The average Bonchev–Trinajstić information content (AvgIpc) is 3.17. The van der Waals surface area contributed by atoms with Crippen LogP contribution in [-0.2, 0) is 16.0 Å². The Morgan fingerprint density at radius 3 is 2.86 bits per heavy atom. The maximum atomic E-state index is 12.1. The molecule has 2 heterocycles. The molecule has 22 heavy (non-hydrogen) atoms. The number of amides is 1. The molecule has 0 bridgehead atoms. The molecule has 0 atom stereocenters. The lowest BCUT2D eigenvalue weighted by Crippen LogP contribution is -2.15. The SMILES string of the molecule is Cc1ccc(CCC(=O)Nc2ccccc2C2=NCCO2)o1. The zero-order chi connectivity index (χ0) is 15.4. The largest absolute Gasteiger partial charge is 0.475 e. The number of hydrogen-bond acceptors (Lipinski definition) is 4. The number of hydrogen-bond donors (Lipinski definition) is 1. The van der Waals surface area contributed by atoms with Crippen molar-refractivity contribution < 1.29 is 13.9 Å².